The second-order valence-electron chi connectivity index (χ2n) is 9.54. The minimum Gasteiger partial charge on any atom is -0.495 e. The minimum atomic E-state index is -0.542. The van der Waals surface area contributed by atoms with E-state index in [2.05, 4.69) is 15.5 Å². The number of thioether (sulfide) groups is 1. The molecule has 0 saturated carbocycles. The van der Waals surface area contributed by atoms with Crippen molar-refractivity contribution in [3.8, 4) is 11.5 Å². The Morgan fingerprint density at radius 2 is 1.58 bits per heavy atom. The molecule has 12 heteroatoms. The summed E-state index contributed by atoms with van der Waals surface area (Å²) in [4.78, 5) is 54.0. The van der Waals surface area contributed by atoms with Gasteiger partial charge < -0.3 is 29.7 Å². The number of carbonyl (C=O) groups is 4. The van der Waals surface area contributed by atoms with Crippen molar-refractivity contribution in [3.05, 3.63) is 83.3 Å². The van der Waals surface area contributed by atoms with Crippen molar-refractivity contribution < 1.29 is 33.4 Å². The van der Waals surface area contributed by atoms with Crippen molar-refractivity contribution in [2.45, 2.75) is 0 Å². The van der Waals surface area contributed by atoms with Gasteiger partial charge in [0, 0.05) is 13.1 Å². The Hall–Kier alpha value is -4.81. The van der Waals surface area contributed by atoms with Gasteiger partial charge in [0.15, 0.2) is 6.61 Å². The molecule has 5 rings (SSSR count). The molecule has 4 amide bonds. The molecule has 2 N–H and O–H groups in total. The SMILES string of the molecule is COc1ccccc1NC(=O)COc1ccc(/C=C2\SC(=O)N(CC(=O)Nc3ccccc3N3CCOCC3)C2=O)cc1. The first-order valence-electron chi connectivity index (χ1n) is 13.5. The van der Waals surface area contributed by atoms with Gasteiger partial charge in [-0.1, -0.05) is 36.4 Å². The summed E-state index contributed by atoms with van der Waals surface area (Å²) < 4.78 is 16.2. The molecule has 2 aliphatic rings. The van der Waals surface area contributed by atoms with Gasteiger partial charge in [-0.25, -0.2) is 0 Å². The summed E-state index contributed by atoms with van der Waals surface area (Å²) in [7, 11) is 1.52. The molecule has 222 valence electrons. The van der Waals surface area contributed by atoms with Gasteiger partial charge in [-0.2, -0.15) is 0 Å². The van der Waals surface area contributed by atoms with E-state index in [-0.39, 0.29) is 17.4 Å². The molecule has 0 atom stereocenters. The number of methoxy groups -OCH3 is 1. The molecule has 0 radical (unpaired) electrons. The molecular weight excluding hydrogens is 572 g/mol. The smallest absolute Gasteiger partial charge is 0.294 e. The molecular formula is C31H30N4O7S. The standard InChI is InChI=1S/C31H30N4O7S/c1-40-26-9-5-3-7-24(26)33-29(37)20-42-22-12-10-21(11-13-22)18-27-30(38)35(31(39)43-27)19-28(36)32-23-6-2-4-8-25(23)34-14-16-41-17-15-34/h2-13,18H,14-17,19-20H2,1H3,(H,32,36)(H,33,37)/b27-18-. The third kappa shape index (κ3) is 7.53. The van der Waals surface area contributed by atoms with Crippen molar-refractivity contribution in [2.75, 3.05) is 62.1 Å². The van der Waals surface area contributed by atoms with Crippen LogP contribution in [0.2, 0.25) is 0 Å². The van der Waals surface area contributed by atoms with E-state index in [0.717, 1.165) is 22.3 Å². The van der Waals surface area contributed by atoms with Crippen LogP contribution in [0, 0.1) is 0 Å². The van der Waals surface area contributed by atoms with E-state index in [9.17, 15) is 19.2 Å². The molecule has 0 bridgehead atoms. The Balaban J connectivity index is 1.15. The minimum absolute atomic E-state index is 0.205. The first-order chi connectivity index (χ1) is 20.9. The zero-order valence-corrected chi connectivity index (χ0v) is 24.2. The van der Waals surface area contributed by atoms with E-state index in [4.69, 9.17) is 14.2 Å². The number of para-hydroxylation sites is 4. The Labute approximate surface area is 252 Å². The second-order valence-corrected chi connectivity index (χ2v) is 10.5. The van der Waals surface area contributed by atoms with Gasteiger partial charge in [-0.05, 0) is 59.8 Å². The Morgan fingerprint density at radius 3 is 2.33 bits per heavy atom. The van der Waals surface area contributed by atoms with E-state index >= 15 is 0 Å². The van der Waals surface area contributed by atoms with Crippen LogP contribution in [-0.4, -0.2) is 74.4 Å². The van der Waals surface area contributed by atoms with Gasteiger partial charge in [0.2, 0.25) is 5.91 Å². The number of hydrogen-bond donors (Lipinski definition) is 2. The molecule has 3 aromatic carbocycles. The summed E-state index contributed by atoms with van der Waals surface area (Å²) in [5.74, 6) is -0.370. The third-order valence-electron chi connectivity index (χ3n) is 6.63. The van der Waals surface area contributed by atoms with Gasteiger partial charge in [0.25, 0.3) is 17.1 Å². The molecule has 43 heavy (non-hydrogen) atoms. The van der Waals surface area contributed by atoms with E-state index in [1.165, 1.54) is 7.11 Å². The Bertz CT molecular complexity index is 1540. The van der Waals surface area contributed by atoms with Crippen LogP contribution in [0.3, 0.4) is 0 Å². The summed E-state index contributed by atoms with van der Waals surface area (Å²) in [5, 5.41) is 5.06. The third-order valence-corrected chi connectivity index (χ3v) is 7.54. The molecule has 11 nitrogen and oxygen atoms in total. The molecule has 0 aliphatic carbocycles. The van der Waals surface area contributed by atoms with Crippen LogP contribution in [0.15, 0.2) is 77.7 Å². The topological polar surface area (TPSA) is 127 Å². The highest BCUT2D eigenvalue weighted by molar-refractivity contribution is 8.18. The lowest BCUT2D eigenvalue weighted by Gasteiger charge is -2.30. The molecule has 2 heterocycles. The molecule has 2 aliphatic heterocycles. The summed E-state index contributed by atoms with van der Waals surface area (Å²) in [5.41, 5.74) is 2.66. The molecule has 0 spiro atoms. The van der Waals surface area contributed by atoms with Crippen molar-refractivity contribution in [1.82, 2.24) is 4.90 Å². The van der Waals surface area contributed by atoms with Gasteiger partial charge in [-0.3, -0.25) is 24.1 Å². The Morgan fingerprint density at radius 1 is 0.907 bits per heavy atom. The quantitative estimate of drug-likeness (QED) is 0.328. The number of carbonyl (C=O) groups excluding carboxylic acids is 4. The summed E-state index contributed by atoms with van der Waals surface area (Å²) in [6.45, 7) is 1.99. The number of morpholine rings is 1. The average molecular weight is 603 g/mol. The van der Waals surface area contributed by atoms with E-state index in [1.807, 2.05) is 18.2 Å². The first-order valence-corrected chi connectivity index (χ1v) is 14.4. The van der Waals surface area contributed by atoms with Crippen molar-refractivity contribution in [2.24, 2.45) is 0 Å². The zero-order chi connectivity index (χ0) is 30.2. The molecule has 0 aromatic heterocycles. The molecule has 2 saturated heterocycles. The van der Waals surface area contributed by atoms with E-state index in [0.29, 0.717) is 54.7 Å². The fourth-order valence-electron chi connectivity index (χ4n) is 4.52. The van der Waals surface area contributed by atoms with E-state index < -0.39 is 23.6 Å². The number of anilines is 3. The number of ether oxygens (including phenoxy) is 3. The maximum atomic E-state index is 13.0. The van der Waals surface area contributed by atoms with Crippen molar-refractivity contribution in [3.63, 3.8) is 0 Å². The second kappa shape index (κ2) is 13.9. The van der Waals surface area contributed by atoms with Crippen molar-refractivity contribution in [1.29, 1.82) is 0 Å². The fraction of sp³-hybridized carbons (Fsp3) is 0.226. The number of imide groups is 1. The average Bonchev–Trinajstić information content (AvgIpc) is 3.28. The number of nitrogens with one attached hydrogen (secondary N) is 2. The first kappa shape index (κ1) is 29.7. The summed E-state index contributed by atoms with van der Waals surface area (Å²) in [6, 6.07) is 21.2. The van der Waals surface area contributed by atoms with Crippen molar-refractivity contribution >= 4 is 57.9 Å². The normalized spacial score (nSPS) is 15.9. The lowest BCUT2D eigenvalue weighted by Crippen LogP contribution is -2.38. The maximum absolute atomic E-state index is 13.0. The van der Waals surface area contributed by atoms with Crippen LogP contribution in [-0.2, 0) is 19.1 Å². The monoisotopic (exact) mass is 602 g/mol. The number of benzene rings is 3. The number of nitrogens with zero attached hydrogens (tertiary/aromatic N) is 2. The van der Waals surface area contributed by atoms with Crippen LogP contribution in [0.1, 0.15) is 5.56 Å². The lowest BCUT2D eigenvalue weighted by atomic mass is 10.2. The predicted octanol–water partition coefficient (Wildman–Crippen LogP) is 4.22. The van der Waals surface area contributed by atoms with Crippen LogP contribution in [0.25, 0.3) is 6.08 Å². The van der Waals surface area contributed by atoms with E-state index in [1.54, 1.807) is 60.7 Å². The highest BCUT2D eigenvalue weighted by Crippen LogP contribution is 2.33. The van der Waals surface area contributed by atoms with Gasteiger partial charge in [0.1, 0.15) is 18.0 Å². The number of rotatable bonds is 10. The summed E-state index contributed by atoms with van der Waals surface area (Å²) in [6.07, 6.45) is 1.58. The molecule has 2 fully saturated rings. The summed E-state index contributed by atoms with van der Waals surface area (Å²) >= 11 is 0.775. The van der Waals surface area contributed by atoms with Crippen LogP contribution < -0.4 is 25.0 Å². The predicted molar refractivity (Wildman–Crippen MR) is 164 cm³/mol. The zero-order valence-electron chi connectivity index (χ0n) is 23.4. The molecule has 3 aromatic rings. The fourth-order valence-corrected chi connectivity index (χ4v) is 5.36. The number of hydrogen-bond acceptors (Lipinski definition) is 9. The molecule has 0 unspecified atom stereocenters. The number of amides is 4. The van der Waals surface area contributed by atoms with Gasteiger partial charge in [-0.15, -0.1) is 0 Å². The van der Waals surface area contributed by atoms with Crippen LogP contribution in [0.5, 0.6) is 11.5 Å². The maximum Gasteiger partial charge on any atom is 0.294 e. The lowest BCUT2D eigenvalue weighted by molar-refractivity contribution is -0.127. The van der Waals surface area contributed by atoms with Crippen LogP contribution in [0.4, 0.5) is 21.9 Å². The van der Waals surface area contributed by atoms with Gasteiger partial charge in [0.05, 0.1) is 42.3 Å². The Kier molecular flexibility index (Phi) is 9.59. The van der Waals surface area contributed by atoms with Gasteiger partial charge >= 0.3 is 0 Å². The highest BCUT2D eigenvalue weighted by Gasteiger charge is 2.36. The van der Waals surface area contributed by atoms with Crippen LogP contribution >= 0.6 is 11.8 Å². The largest absolute Gasteiger partial charge is 0.495 e. The highest BCUT2D eigenvalue weighted by atomic mass is 32.2.